The fourth-order valence-electron chi connectivity index (χ4n) is 3.51. The van der Waals surface area contributed by atoms with Crippen LogP contribution in [0, 0.1) is 17.8 Å². The van der Waals surface area contributed by atoms with E-state index in [-0.39, 0.29) is 5.92 Å². The molecule has 0 spiro atoms. The van der Waals surface area contributed by atoms with E-state index >= 15 is 0 Å². The normalized spacial score (nSPS) is 37.5. The fourth-order valence-corrected chi connectivity index (χ4v) is 3.51. The molecule has 3 nitrogen and oxygen atoms in total. The average molecular weight is 240 g/mol. The van der Waals surface area contributed by atoms with Gasteiger partial charge in [0.15, 0.2) is 0 Å². The number of ether oxygens (including phenoxy) is 1. The van der Waals surface area contributed by atoms with Crippen LogP contribution in [0.15, 0.2) is 0 Å². The Balaban J connectivity index is 1.82. The summed E-state index contributed by atoms with van der Waals surface area (Å²) in [6.45, 7) is 3.02. The van der Waals surface area contributed by atoms with Crippen LogP contribution in [-0.4, -0.2) is 23.8 Å². The van der Waals surface area contributed by atoms with Crippen LogP contribution < -0.4 is 0 Å². The van der Waals surface area contributed by atoms with Crippen LogP contribution in [0.4, 0.5) is 0 Å². The number of fused-ring (bicyclic) bond motifs is 1. The smallest absolute Gasteiger partial charge is 0.306 e. The number of carboxylic acids is 1. The predicted molar refractivity (Wildman–Crippen MR) is 65.8 cm³/mol. The van der Waals surface area contributed by atoms with Crippen molar-refractivity contribution in [1.82, 2.24) is 0 Å². The molecule has 98 valence electrons. The van der Waals surface area contributed by atoms with Crippen LogP contribution in [0.2, 0.25) is 0 Å². The Hall–Kier alpha value is -0.570. The van der Waals surface area contributed by atoms with E-state index in [1.807, 2.05) is 0 Å². The first-order chi connectivity index (χ1) is 8.20. The highest BCUT2D eigenvalue weighted by Crippen LogP contribution is 2.43. The van der Waals surface area contributed by atoms with Crippen LogP contribution in [0.25, 0.3) is 0 Å². The maximum atomic E-state index is 11.0. The first-order valence-electron chi connectivity index (χ1n) is 7.05. The highest BCUT2D eigenvalue weighted by atomic mass is 16.5. The van der Waals surface area contributed by atoms with Crippen molar-refractivity contribution in [3.8, 4) is 0 Å². The van der Waals surface area contributed by atoms with E-state index in [9.17, 15) is 4.79 Å². The molecule has 0 heterocycles. The molecule has 0 saturated heterocycles. The van der Waals surface area contributed by atoms with Crippen molar-refractivity contribution >= 4 is 5.97 Å². The molecule has 0 aromatic carbocycles. The zero-order valence-electron chi connectivity index (χ0n) is 10.7. The Labute approximate surface area is 104 Å². The van der Waals surface area contributed by atoms with Crippen molar-refractivity contribution in [3.63, 3.8) is 0 Å². The Morgan fingerprint density at radius 2 is 1.88 bits per heavy atom. The van der Waals surface area contributed by atoms with Crippen LogP contribution in [0.3, 0.4) is 0 Å². The van der Waals surface area contributed by atoms with Crippen molar-refractivity contribution in [2.45, 2.75) is 58.0 Å². The van der Waals surface area contributed by atoms with Gasteiger partial charge in [-0.1, -0.05) is 6.92 Å². The third-order valence-corrected chi connectivity index (χ3v) is 4.47. The van der Waals surface area contributed by atoms with Gasteiger partial charge in [0.2, 0.25) is 0 Å². The molecule has 2 saturated carbocycles. The molecule has 0 aliphatic heterocycles. The van der Waals surface area contributed by atoms with Gasteiger partial charge in [-0.05, 0) is 56.8 Å². The van der Waals surface area contributed by atoms with Crippen molar-refractivity contribution in [3.05, 3.63) is 0 Å². The van der Waals surface area contributed by atoms with E-state index in [1.54, 1.807) is 0 Å². The molecule has 2 fully saturated rings. The molecule has 4 unspecified atom stereocenters. The maximum absolute atomic E-state index is 11.0. The Morgan fingerprint density at radius 1 is 1.18 bits per heavy atom. The van der Waals surface area contributed by atoms with Crippen molar-refractivity contribution in [2.24, 2.45) is 17.8 Å². The second kappa shape index (κ2) is 5.85. The molecule has 2 aliphatic rings. The van der Waals surface area contributed by atoms with Gasteiger partial charge in [-0.2, -0.15) is 0 Å². The molecule has 4 atom stereocenters. The number of carbonyl (C=O) groups is 1. The molecule has 0 radical (unpaired) electrons. The minimum Gasteiger partial charge on any atom is -0.481 e. The van der Waals surface area contributed by atoms with Gasteiger partial charge in [0.1, 0.15) is 0 Å². The fraction of sp³-hybridized carbons (Fsp3) is 0.929. The molecule has 17 heavy (non-hydrogen) atoms. The lowest BCUT2D eigenvalue weighted by atomic mass is 9.67. The molecule has 0 bridgehead atoms. The Kier molecular flexibility index (Phi) is 4.43. The highest BCUT2D eigenvalue weighted by Gasteiger charge is 2.37. The van der Waals surface area contributed by atoms with Gasteiger partial charge in [0.05, 0.1) is 12.0 Å². The quantitative estimate of drug-likeness (QED) is 0.821. The molecule has 0 aromatic rings. The lowest BCUT2D eigenvalue weighted by Crippen LogP contribution is -2.36. The summed E-state index contributed by atoms with van der Waals surface area (Å²) in [6, 6.07) is 0. The summed E-state index contributed by atoms with van der Waals surface area (Å²) in [5, 5.41) is 9.07. The second-order valence-electron chi connectivity index (χ2n) is 5.67. The molecular formula is C14H24O3. The summed E-state index contributed by atoms with van der Waals surface area (Å²) in [5.74, 6) is 0.699. The summed E-state index contributed by atoms with van der Waals surface area (Å²) in [7, 11) is 0. The molecule has 2 rings (SSSR count). The number of hydrogen-bond acceptors (Lipinski definition) is 2. The minimum absolute atomic E-state index is 0.0793. The Morgan fingerprint density at radius 3 is 2.59 bits per heavy atom. The van der Waals surface area contributed by atoms with E-state index in [4.69, 9.17) is 9.84 Å². The van der Waals surface area contributed by atoms with Crippen LogP contribution in [0.1, 0.15) is 51.9 Å². The standard InChI is InChI=1S/C14H24O3/c1-2-7-17-13-6-5-10-8-12(14(15)16)4-3-11(10)9-13/h10-13H,2-9H2,1H3,(H,15,16). The van der Waals surface area contributed by atoms with Crippen LogP contribution >= 0.6 is 0 Å². The van der Waals surface area contributed by atoms with Gasteiger partial charge in [0.25, 0.3) is 0 Å². The van der Waals surface area contributed by atoms with Crippen LogP contribution in [0.5, 0.6) is 0 Å². The molecule has 3 heteroatoms. The summed E-state index contributed by atoms with van der Waals surface area (Å²) >= 11 is 0. The monoisotopic (exact) mass is 240 g/mol. The SMILES string of the molecule is CCCOC1CCC2CC(C(=O)O)CCC2C1. The Bertz CT molecular complexity index is 264. The van der Waals surface area contributed by atoms with Crippen molar-refractivity contribution in [2.75, 3.05) is 6.61 Å². The van der Waals surface area contributed by atoms with E-state index in [0.717, 1.165) is 51.0 Å². The molecular weight excluding hydrogens is 216 g/mol. The predicted octanol–water partition coefficient (Wildman–Crippen LogP) is 3.08. The van der Waals surface area contributed by atoms with E-state index in [0.29, 0.717) is 12.0 Å². The molecule has 0 amide bonds. The van der Waals surface area contributed by atoms with E-state index in [2.05, 4.69) is 6.92 Å². The van der Waals surface area contributed by atoms with Gasteiger partial charge in [-0.15, -0.1) is 0 Å². The molecule has 1 N–H and O–H groups in total. The van der Waals surface area contributed by atoms with Crippen molar-refractivity contribution < 1.29 is 14.6 Å². The zero-order valence-corrected chi connectivity index (χ0v) is 10.7. The maximum Gasteiger partial charge on any atom is 0.306 e. The van der Waals surface area contributed by atoms with Gasteiger partial charge in [-0.25, -0.2) is 0 Å². The van der Waals surface area contributed by atoms with Gasteiger partial charge in [-0.3, -0.25) is 4.79 Å². The minimum atomic E-state index is -0.590. The average Bonchev–Trinajstić information content (AvgIpc) is 2.35. The summed E-state index contributed by atoms with van der Waals surface area (Å²) in [4.78, 5) is 11.0. The number of rotatable bonds is 4. The zero-order chi connectivity index (χ0) is 12.3. The third kappa shape index (κ3) is 3.21. The number of aliphatic carboxylic acids is 1. The van der Waals surface area contributed by atoms with Crippen LogP contribution in [-0.2, 0) is 9.53 Å². The first-order valence-corrected chi connectivity index (χ1v) is 7.05. The lowest BCUT2D eigenvalue weighted by Gasteiger charge is -2.41. The number of hydrogen-bond donors (Lipinski definition) is 1. The van der Waals surface area contributed by atoms with Gasteiger partial charge >= 0.3 is 5.97 Å². The lowest BCUT2D eigenvalue weighted by molar-refractivity contribution is -0.144. The summed E-state index contributed by atoms with van der Waals surface area (Å²) < 4.78 is 5.84. The first kappa shape index (κ1) is 12.9. The topological polar surface area (TPSA) is 46.5 Å². The summed E-state index contributed by atoms with van der Waals surface area (Å²) in [5.41, 5.74) is 0. The third-order valence-electron chi connectivity index (χ3n) is 4.47. The molecule has 2 aliphatic carbocycles. The van der Waals surface area contributed by atoms with E-state index in [1.165, 1.54) is 6.42 Å². The second-order valence-corrected chi connectivity index (χ2v) is 5.67. The summed E-state index contributed by atoms with van der Waals surface area (Å²) in [6.07, 6.45) is 7.86. The van der Waals surface area contributed by atoms with Crippen molar-refractivity contribution in [1.29, 1.82) is 0 Å². The van der Waals surface area contributed by atoms with Gasteiger partial charge < -0.3 is 9.84 Å². The van der Waals surface area contributed by atoms with E-state index < -0.39 is 5.97 Å². The number of carboxylic acid groups (broad SMARTS) is 1. The highest BCUT2D eigenvalue weighted by molar-refractivity contribution is 5.70. The largest absolute Gasteiger partial charge is 0.481 e. The van der Waals surface area contributed by atoms with Gasteiger partial charge in [0, 0.05) is 6.61 Å². The molecule has 0 aromatic heterocycles.